The van der Waals surface area contributed by atoms with Crippen molar-refractivity contribution >= 4 is 22.0 Å². The second-order valence-electron chi connectivity index (χ2n) is 8.90. The SMILES string of the molecule is CC(C)[C@@H](CS(=O)(=O)NC(=O)c1ccccc1)NC(=O)OCC1c2ccccc2-c2ccccc21. The molecular formula is C27H28N2O5S. The Bertz CT molecular complexity index is 1280. The van der Waals surface area contributed by atoms with Crippen molar-refractivity contribution in [3.05, 3.63) is 95.6 Å². The predicted molar refractivity (Wildman–Crippen MR) is 135 cm³/mol. The summed E-state index contributed by atoms with van der Waals surface area (Å²) in [4.78, 5) is 24.9. The third kappa shape index (κ3) is 5.71. The number of alkyl carbamates (subject to hydrolysis) is 1. The van der Waals surface area contributed by atoms with Gasteiger partial charge in [0.1, 0.15) is 6.61 Å². The Morgan fingerprint density at radius 2 is 1.40 bits per heavy atom. The molecule has 1 aliphatic rings. The Kier molecular flexibility index (Phi) is 7.21. The summed E-state index contributed by atoms with van der Waals surface area (Å²) in [5.41, 5.74) is 4.66. The monoisotopic (exact) mass is 492 g/mol. The van der Waals surface area contributed by atoms with Crippen LogP contribution in [0.1, 0.15) is 41.3 Å². The summed E-state index contributed by atoms with van der Waals surface area (Å²) in [5.74, 6) is -1.47. The van der Waals surface area contributed by atoms with Crippen LogP contribution in [0.3, 0.4) is 0 Å². The Balaban J connectivity index is 1.39. The normalized spacial score (nSPS) is 13.6. The average molecular weight is 493 g/mol. The highest BCUT2D eigenvalue weighted by Gasteiger charge is 2.30. The van der Waals surface area contributed by atoms with Crippen LogP contribution in [-0.2, 0) is 14.8 Å². The maximum atomic E-state index is 12.7. The fraction of sp³-hybridized carbons (Fsp3) is 0.259. The molecule has 0 bridgehead atoms. The molecule has 35 heavy (non-hydrogen) atoms. The minimum atomic E-state index is -4.00. The van der Waals surface area contributed by atoms with Crippen molar-refractivity contribution in [3.63, 3.8) is 0 Å². The van der Waals surface area contributed by atoms with Crippen molar-refractivity contribution in [2.24, 2.45) is 5.92 Å². The molecule has 0 spiro atoms. The predicted octanol–water partition coefficient (Wildman–Crippen LogP) is 4.31. The largest absolute Gasteiger partial charge is 0.449 e. The first-order chi connectivity index (χ1) is 16.7. The molecule has 0 saturated carbocycles. The molecule has 8 heteroatoms. The molecule has 7 nitrogen and oxygen atoms in total. The maximum absolute atomic E-state index is 12.7. The Morgan fingerprint density at radius 3 is 1.97 bits per heavy atom. The highest BCUT2D eigenvalue weighted by atomic mass is 32.2. The lowest BCUT2D eigenvalue weighted by atomic mass is 9.98. The van der Waals surface area contributed by atoms with Crippen LogP contribution in [0, 0.1) is 5.92 Å². The van der Waals surface area contributed by atoms with Gasteiger partial charge < -0.3 is 10.1 Å². The zero-order chi connectivity index (χ0) is 25.0. The van der Waals surface area contributed by atoms with Crippen LogP contribution < -0.4 is 10.0 Å². The van der Waals surface area contributed by atoms with Crippen molar-refractivity contribution in [1.82, 2.24) is 10.0 Å². The van der Waals surface area contributed by atoms with E-state index in [2.05, 4.69) is 22.2 Å². The number of carbonyl (C=O) groups excluding carboxylic acids is 2. The first kappa shape index (κ1) is 24.5. The molecule has 3 aromatic carbocycles. The molecule has 4 rings (SSSR count). The minimum Gasteiger partial charge on any atom is -0.449 e. The number of rotatable bonds is 8. The lowest BCUT2D eigenvalue weighted by molar-refractivity contribution is 0.0981. The molecule has 0 radical (unpaired) electrons. The molecule has 0 aromatic heterocycles. The molecule has 182 valence electrons. The molecule has 0 saturated heterocycles. The number of sulfonamides is 1. The van der Waals surface area contributed by atoms with Crippen molar-refractivity contribution < 1.29 is 22.7 Å². The van der Waals surface area contributed by atoms with E-state index in [4.69, 9.17) is 4.74 Å². The van der Waals surface area contributed by atoms with E-state index in [1.54, 1.807) is 32.0 Å². The second-order valence-corrected chi connectivity index (χ2v) is 10.7. The molecule has 2 N–H and O–H groups in total. The van der Waals surface area contributed by atoms with Gasteiger partial charge in [0.05, 0.1) is 11.8 Å². The number of amides is 2. The maximum Gasteiger partial charge on any atom is 0.407 e. The smallest absolute Gasteiger partial charge is 0.407 e. The fourth-order valence-corrected chi connectivity index (χ4v) is 5.68. The van der Waals surface area contributed by atoms with Gasteiger partial charge in [-0.05, 0) is 40.3 Å². The summed E-state index contributed by atoms with van der Waals surface area (Å²) in [6.45, 7) is 3.72. The molecular weight excluding hydrogens is 464 g/mol. The van der Waals surface area contributed by atoms with E-state index >= 15 is 0 Å². The second kappa shape index (κ2) is 10.3. The molecule has 1 atom stereocenters. The van der Waals surface area contributed by atoms with Gasteiger partial charge in [-0.15, -0.1) is 0 Å². The van der Waals surface area contributed by atoms with E-state index in [1.807, 2.05) is 36.4 Å². The van der Waals surface area contributed by atoms with Gasteiger partial charge in [-0.25, -0.2) is 17.9 Å². The third-order valence-electron chi connectivity index (χ3n) is 6.13. The number of ether oxygens (including phenoxy) is 1. The summed E-state index contributed by atoms with van der Waals surface area (Å²) in [5, 5.41) is 2.67. The Morgan fingerprint density at radius 1 is 0.857 bits per heavy atom. The molecule has 0 fully saturated rings. The molecule has 2 amide bonds. The first-order valence-electron chi connectivity index (χ1n) is 11.5. The van der Waals surface area contributed by atoms with Crippen molar-refractivity contribution in [3.8, 4) is 11.1 Å². The van der Waals surface area contributed by atoms with Crippen molar-refractivity contribution in [1.29, 1.82) is 0 Å². The molecule has 1 aliphatic carbocycles. The number of fused-ring (bicyclic) bond motifs is 3. The first-order valence-corrected chi connectivity index (χ1v) is 13.1. The summed E-state index contributed by atoms with van der Waals surface area (Å²) >= 11 is 0. The van der Waals surface area contributed by atoms with Crippen LogP contribution in [0.15, 0.2) is 78.9 Å². The summed E-state index contributed by atoms with van der Waals surface area (Å²) < 4.78 is 32.9. The number of hydrogen-bond acceptors (Lipinski definition) is 5. The van der Waals surface area contributed by atoms with Gasteiger partial charge >= 0.3 is 6.09 Å². The quantitative estimate of drug-likeness (QED) is 0.488. The third-order valence-corrected chi connectivity index (χ3v) is 7.43. The van der Waals surface area contributed by atoms with E-state index < -0.39 is 33.8 Å². The Hall–Kier alpha value is -3.65. The fourth-order valence-electron chi connectivity index (χ4n) is 4.26. The van der Waals surface area contributed by atoms with Gasteiger partial charge in [0.2, 0.25) is 10.0 Å². The van der Waals surface area contributed by atoms with Crippen LogP contribution in [0.25, 0.3) is 11.1 Å². The van der Waals surface area contributed by atoms with Gasteiger partial charge in [0, 0.05) is 11.5 Å². The van der Waals surface area contributed by atoms with Crippen LogP contribution in [0.2, 0.25) is 0 Å². The summed E-state index contributed by atoms with van der Waals surface area (Å²) in [7, 11) is -4.00. The topological polar surface area (TPSA) is 102 Å². The minimum absolute atomic E-state index is 0.0976. The van der Waals surface area contributed by atoms with Gasteiger partial charge in [0.25, 0.3) is 5.91 Å². The summed E-state index contributed by atoms with van der Waals surface area (Å²) in [6.07, 6.45) is -0.699. The zero-order valence-corrected chi connectivity index (χ0v) is 20.4. The number of hydrogen-bond donors (Lipinski definition) is 2. The van der Waals surface area contributed by atoms with Gasteiger partial charge in [0.15, 0.2) is 0 Å². The van der Waals surface area contributed by atoms with E-state index in [1.165, 1.54) is 12.1 Å². The van der Waals surface area contributed by atoms with Crippen LogP contribution >= 0.6 is 0 Å². The summed E-state index contributed by atoms with van der Waals surface area (Å²) in [6, 6.07) is 23.4. The number of nitrogens with one attached hydrogen (secondary N) is 2. The molecule has 0 aliphatic heterocycles. The van der Waals surface area contributed by atoms with Crippen molar-refractivity contribution in [2.75, 3.05) is 12.4 Å². The Labute approximate surface area is 205 Å². The number of benzene rings is 3. The van der Waals surface area contributed by atoms with Gasteiger partial charge in [-0.3, -0.25) is 4.79 Å². The van der Waals surface area contributed by atoms with Gasteiger partial charge in [-0.2, -0.15) is 0 Å². The lowest BCUT2D eigenvalue weighted by Gasteiger charge is -2.23. The lowest BCUT2D eigenvalue weighted by Crippen LogP contribution is -2.47. The van der Waals surface area contributed by atoms with Crippen LogP contribution in [0.5, 0.6) is 0 Å². The highest BCUT2D eigenvalue weighted by Crippen LogP contribution is 2.44. The van der Waals surface area contributed by atoms with E-state index in [-0.39, 0.29) is 24.0 Å². The molecule has 0 unspecified atom stereocenters. The van der Waals surface area contributed by atoms with Gasteiger partial charge in [-0.1, -0.05) is 80.6 Å². The standard InChI is InChI=1S/C27H28N2O5S/c1-18(2)25(17-35(32,33)29-26(30)19-10-4-3-5-11-19)28-27(31)34-16-24-22-14-8-6-12-20(22)21-13-7-9-15-23(21)24/h3-15,18,24-25H,16-17H2,1-2H3,(H,28,31)(H,29,30)/t25-/m1/s1. The molecule has 0 heterocycles. The number of carbonyl (C=O) groups is 2. The van der Waals surface area contributed by atoms with E-state index in [9.17, 15) is 18.0 Å². The van der Waals surface area contributed by atoms with E-state index in [0.717, 1.165) is 22.3 Å². The van der Waals surface area contributed by atoms with Crippen LogP contribution in [-0.4, -0.2) is 38.8 Å². The average Bonchev–Trinajstić information content (AvgIpc) is 3.16. The highest BCUT2D eigenvalue weighted by molar-refractivity contribution is 7.90. The zero-order valence-electron chi connectivity index (χ0n) is 19.6. The molecule has 3 aromatic rings. The van der Waals surface area contributed by atoms with Crippen LogP contribution in [0.4, 0.5) is 4.79 Å². The van der Waals surface area contributed by atoms with E-state index in [0.29, 0.717) is 0 Å². The van der Waals surface area contributed by atoms with Crippen molar-refractivity contribution in [2.45, 2.75) is 25.8 Å².